The van der Waals surface area contributed by atoms with Crippen LogP contribution in [-0.4, -0.2) is 35.5 Å². The first-order valence-electron chi connectivity index (χ1n) is 6.39. The second-order valence-corrected chi connectivity index (χ2v) is 5.89. The van der Waals surface area contributed by atoms with Crippen molar-refractivity contribution in [3.8, 4) is 0 Å². The molecule has 0 bridgehead atoms. The first kappa shape index (κ1) is 12.8. The first-order chi connectivity index (χ1) is 7.94. The molecule has 1 spiro atoms. The number of aliphatic hydroxyl groups excluding tert-OH is 2. The average Bonchev–Trinajstić information content (AvgIpc) is 2.60. The van der Waals surface area contributed by atoms with Gasteiger partial charge < -0.3 is 14.9 Å². The Morgan fingerprint density at radius 3 is 2.00 bits per heavy atom. The van der Waals surface area contributed by atoms with Crippen LogP contribution < -0.4 is 0 Å². The van der Waals surface area contributed by atoms with Crippen molar-refractivity contribution in [1.29, 1.82) is 0 Å². The SMILES string of the molecule is COC(=O)C1(C)CCC2(CC1)C(O)CCC2O. The van der Waals surface area contributed by atoms with Crippen LogP contribution in [0, 0.1) is 10.8 Å². The number of carbonyl (C=O) groups excluding carboxylic acids is 1. The number of aliphatic hydroxyl groups is 2. The van der Waals surface area contributed by atoms with Crippen LogP contribution in [0.4, 0.5) is 0 Å². The molecule has 0 heterocycles. The Kier molecular flexibility index (Phi) is 3.21. The number of hydrogen-bond acceptors (Lipinski definition) is 4. The fourth-order valence-corrected chi connectivity index (χ4v) is 3.50. The summed E-state index contributed by atoms with van der Waals surface area (Å²) in [6.45, 7) is 1.92. The van der Waals surface area contributed by atoms with E-state index in [1.54, 1.807) is 0 Å². The molecule has 2 atom stereocenters. The molecule has 4 heteroatoms. The Hall–Kier alpha value is -0.610. The largest absolute Gasteiger partial charge is 0.469 e. The predicted molar refractivity (Wildman–Crippen MR) is 62.3 cm³/mol. The van der Waals surface area contributed by atoms with Crippen molar-refractivity contribution in [2.75, 3.05) is 7.11 Å². The Morgan fingerprint density at radius 1 is 1.12 bits per heavy atom. The molecule has 0 aliphatic heterocycles. The molecule has 0 saturated heterocycles. The zero-order valence-electron chi connectivity index (χ0n) is 10.6. The van der Waals surface area contributed by atoms with Gasteiger partial charge in [-0.15, -0.1) is 0 Å². The number of carbonyl (C=O) groups is 1. The normalized spacial score (nSPS) is 46.1. The molecule has 2 N–H and O–H groups in total. The standard InChI is InChI=1S/C13H22O4/c1-12(11(16)17-2)5-7-13(8-6-12)9(14)3-4-10(13)15/h9-10,14-15H,3-8H2,1-2H3. The fourth-order valence-electron chi connectivity index (χ4n) is 3.50. The van der Waals surface area contributed by atoms with Crippen molar-refractivity contribution in [2.45, 2.75) is 57.7 Å². The lowest BCUT2D eigenvalue weighted by molar-refractivity contribution is -0.158. The summed E-state index contributed by atoms with van der Waals surface area (Å²) < 4.78 is 4.83. The highest BCUT2D eigenvalue weighted by molar-refractivity contribution is 5.76. The molecule has 2 fully saturated rings. The van der Waals surface area contributed by atoms with Gasteiger partial charge in [-0.25, -0.2) is 0 Å². The quantitative estimate of drug-likeness (QED) is 0.679. The third kappa shape index (κ3) is 1.87. The van der Waals surface area contributed by atoms with Gasteiger partial charge in [0.05, 0.1) is 24.7 Å². The van der Waals surface area contributed by atoms with Crippen molar-refractivity contribution in [3.63, 3.8) is 0 Å². The molecule has 0 aromatic rings. The topological polar surface area (TPSA) is 66.8 Å². The lowest BCUT2D eigenvalue weighted by Crippen LogP contribution is -2.46. The van der Waals surface area contributed by atoms with Crippen LogP contribution in [0.3, 0.4) is 0 Å². The van der Waals surface area contributed by atoms with Crippen LogP contribution >= 0.6 is 0 Å². The van der Waals surface area contributed by atoms with E-state index in [1.807, 2.05) is 6.92 Å². The Morgan fingerprint density at radius 2 is 1.59 bits per heavy atom. The third-order valence-corrected chi connectivity index (χ3v) is 5.00. The molecule has 17 heavy (non-hydrogen) atoms. The second-order valence-electron chi connectivity index (χ2n) is 5.89. The molecule has 2 saturated carbocycles. The van der Waals surface area contributed by atoms with Gasteiger partial charge in [-0.05, 0) is 45.4 Å². The summed E-state index contributed by atoms with van der Waals surface area (Å²) in [5.41, 5.74) is -0.810. The van der Waals surface area contributed by atoms with Crippen LogP contribution in [0.1, 0.15) is 45.4 Å². The number of methoxy groups -OCH3 is 1. The van der Waals surface area contributed by atoms with Crippen LogP contribution in [0.15, 0.2) is 0 Å². The highest BCUT2D eigenvalue weighted by atomic mass is 16.5. The summed E-state index contributed by atoms with van der Waals surface area (Å²) in [7, 11) is 1.41. The summed E-state index contributed by atoms with van der Waals surface area (Å²) in [5, 5.41) is 20.1. The van der Waals surface area contributed by atoms with Gasteiger partial charge in [0.2, 0.25) is 0 Å². The molecule has 98 valence electrons. The molecule has 4 nitrogen and oxygen atoms in total. The molecule has 2 unspecified atom stereocenters. The molecule has 0 aromatic heterocycles. The van der Waals surface area contributed by atoms with E-state index in [1.165, 1.54) is 7.11 Å². The van der Waals surface area contributed by atoms with Gasteiger partial charge in [0.25, 0.3) is 0 Å². The average molecular weight is 242 g/mol. The second kappa shape index (κ2) is 4.25. The molecule has 0 aromatic carbocycles. The zero-order chi connectivity index (χ0) is 12.7. The Balaban J connectivity index is 2.09. The van der Waals surface area contributed by atoms with Gasteiger partial charge in [0, 0.05) is 5.41 Å². The van der Waals surface area contributed by atoms with Crippen LogP contribution in [0.2, 0.25) is 0 Å². The van der Waals surface area contributed by atoms with Gasteiger partial charge in [-0.1, -0.05) is 0 Å². The van der Waals surface area contributed by atoms with Crippen LogP contribution in [0.5, 0.6) is 0 Å². The summed E-state index contributed by atoms with van der Waals surface area (Å²) in [6, 6.07) is 0. The zero-order valence-corrected chi connectivity index (χ0v) is 10.6. The van der Waals surface area contributed by atoms with E-state index in [2.05, 4.69) is 0 Å². The molecule has 2 aliphatic rings. The molecule has 2 aliphatic carbocycles. The molecular formula is C13H22O4. The lowest BCUT2D eigenvalue weighted by atomic mass is 9.62. The monoisotopic (exact) mass is 242 g/mol. The van der Waals surface area contributed by atoms with Crippen molar-refractivity contribution in [3.05, 3.63) is 0 Å². The molecule has 0 amide bonds. The summed E-state index contributed by atoms with van der Waals surface area (Å²) in [6.07, 6.45) is 3.31. The van der Waals surface area contributed by atoms with Crippen molar-refractivity contribution in [2.24, 2.45) is 10.8 Å². The van der Waals surface area contributed by atoms with Gasteiger partial charge >= 0.3 is 5.97 Å². The minimum atomic E-state index is -0.442. The van der Waals surface area contributed by atoms with Crippen molar-refractivity contribution in [1.82, 2.24) is 0 Å². The van der Waals surface area contributed by atoms with E-state index < -0.39 is 17.6 Å². The minimum Gasteiger partial charge on any atom is -0.469 e. The van der Waals surface area contributed by atoms with E-state index in [4.69, 9.17) is 4.74 Å². The number of esters is 1. The third-order valence-electron chi connectivity index (χ3n) is 5.00. The van der Waals surface area contributed by atoms with E-state index in [0.29, 0.717) is 38.5 Å². The highest BCUT2D eigenvalue weighted by Crippen LogP contribution is 2.53. The predicted octanol–water partition coefficient (Wildman–Crippen LogP) is 1.24. The van der Waals surface area contributed by atoms with Gasteiger partial charge in [0.15, 0.2) is 0 Å². The van der Waals surface area contributed by atoms with Crippen molar-refractivity contribution < 1.29 is 19.7 Å². The van der Waals surface area contributed by atoms with E-state index in [9.17, 15) is 15.0 Å². The minimum absolute atomic E-state index is 0.172. The number of rotatable bonds is 1. The summed E-state index contributed by atoms with van der Waals surface area (Å²) in [4.78, 5) is 11.7. The number of hydrogen-bond donors (Lipinski definition) is 2. The van der Waals surface area contributed by atoms with E-state index in [-0.39, 0.29) is 11.4 Å². The number of ether oxygens (including phenoxy) is 1. The summed E-state index contributed by atoms with van der Waals surface area (Å²) >= 11 is 0. The van der Waals surface area contributed by atoms with E-state index >= 15 is 0 Å². The lowest BCUT2D eigenvalue weighted by Gasteiger charge is -2.45. The maximum Gasteiger partial charge on any atom is 0.311 e. The van der Waals surface area contributed by atoms with Gasteiger partial charge in [-0.3, -0.25) is 4.79 Å². The van der Waals surface area contributed by atoms with Crippen molar-refractivity contribution >= 4 is 5.97 Å². The van der Waals surface area contributed by atoms with E-state index in [0.717, 1.165) is 0 Å². The maximum atomic E-state index is 11.7. The molecule has 2 rings (SSSR count). The Labute approximate surface area is 102 Å². The highest BCUT2D eigenvalue weighted by Gasteiger charge is 2.54. The smallest absolute Gasteiger partial charge is 0.311 e. The van der Waals surface area contributed by atoms with Gasteiger partial charge in [0.1, 0.15) is 0 Å². The summed E-state index contributed by atoms with van der Waals surface area (Å²) in [5.74, 6) is -0.172. The first-order valence-corrected chi connectivity index (χ1v) is 6.39. The fraction of sp³-hybridized carbons (Fsp3) is 0.923. The molecule has 0 radical (unpaired) electrons. The molecular weight excluding hydrogens is 220 g/mol. The van der Waals surface area contributed by atoms with Crippen LogP contribution in [-0.2, 0) is 9.53 Å². The van der Waals surface area contributed by atoms with Crippen LogP contribution in [0.25, 0.3) is 0 Å². The Bertz CT molecular complexity index is 293. The maximum absolute atomic E-state index is 11.7. The van der Waals surface area contributed by atoms with Gasteiger partial charge in [-0.2, -0.15) is 0 Å².